The van der Waals surface area contributed by atoms with Gasteiger partial charge in [-0.3, -0.25) is 9.10 Å². The standard InChI is InChI=1S/C20H22N2O3S/c23-20(21-12-3-4-13-21)17-8-5-10-18(15-17)26(24,25)22-14-6-9-16-7-1-2-11-19(16)22/h1-2,5,7-8,10-11,15H,3-4,6,9,12-14H2. The van der Waals surface area contributed by atoms with Gasteiger partial charge in [0.05, 0.1) is 10.6 Å². The van der Waals surface area contributed by atoms with Crippen LogP contribution in [0.3, 0.4) is 0 Å². The molecule has 2 aromatic carbocycles. The third-order valence-electron chi connectivity index (χ3n) is 5.13. The van der Waals surface area contributed by atoms with Gasteiger partial charge in [0.15, 0.2) is 0 Å². The molecule has 0 unspecified atom stereocenters. The van der Waals surface area contributed by atoms with Crippen molar-refractivity contribution in [3.8, 4) is 0 Å². The lowest BCUT2D eigenvalue weighted by Crippen LogP contribution is -2.35. The van der Waals surface area contributed by atoms with Crippen LogP contribution in [0, 0.1) is 0 Å². The van der Waals surface area contributed by atoms with E-state index in [0.717, 1.165) is 50.0 Å². The van der Waals surface area contributed by atoms with Crippen LogP contribution in [0.15, 0.2) is 53.4 Å². The smallest absolute Gasteiger partial charge is 0.264 e. The lowest BCUT2D eigenvalue weighted by Gasteiger charge is -2.30. The zero-order valence-corrected chi connectivity index (χ0v) is 15.4. The number of likely N-dealkylation sites (tertiary alicyclic amines) is 1. The van der Waals surface area contributed by atoms with Crippen LogP contribution in [0.2, 0.25) is 0 Å². The number of carbonyl (C=O) groups is 1. The third kappa shape index (κ3) is 2.98. The summed E-state index contributed by atoms with van der Waals surface area (Å²) in [7, 11) is -3.69. The van der Waals surface area contributed by atoms with Crippen molar-refractivity contribution in [3.05, 3.63) is 59.7 Å². The summed E-state index contributed by atoms with van der Waals surface area (Å²) in [5.41, 5.74) is 2.24. The average molecular weight is 370 g/mol. The molecule has 2 aromatic rings. The first-order valence-electron chi connectivity index (χ1n) is 9.07. The molecule has 0 atom stereocenters. The van der Waals surface area contributed by atoms with Gasteiger partial charge in [-0.25, -0.2) is 8.42 Å². The maximum atomic E-state index is 13.2. The van der Waals surface area contributed by atoms with Gasteiger partial charge >= 0.3 is 0 Å². The highest BCUT2D eigenvalue weighted by Gasteiger charge is 2.30. The number of benzene rings is 2. The average Bonchev–Trinajstić information content (AvgIpc) is 3.22. The maximum Gasteiger partial charge on any atom is 0.264 e. The van der Waals surface area contributed by atoms with E-state index in [4.69, 9.17) is 0 Å². The third-order valence-corrected chi connectivity index (χ3v) is 6.94. The lowest BCUT2D eigenvalue weighted by atomic mass is 10.0. The predicted molar refractivity (Wildman–Crippen MR) is 101 cm³/mol. The first kappa shape index (κ1) is 17.1. The van der Waals surface area contributed by atoms with Crippen LogP contribution in [0.5, 0.6) is 0 Å². The normalized spacial score (nSPS) is 17.2. The van der Waals surface area contributed by atoms with Crippen LogP contribution in [-0.2, 0) is 16.4 Å². The van der Waals surface area contributed by atoms with Gasteiger partial charge < -0.3 is 4.90 Å². The van der Waals surface area contributed by atoms with Crippen molar-refractivity contribution in [2.75, 3.05) is 23.9 Å². The SMILES string of the molecule is O=C(c1cccc(S(=O)(=O)N2CCCc3ccccc32)c1)N1CCCC1. The molecule has 0 N–H and O–H groups in total. The predicted octanol–water partition coefficient (Wildman–Crippen LogP) is 3.06. The fraction of sp³-hybridized carbons (Fsp3) is 0.350. The molecule has 4 rings (SSSR count). The Balaban J connectivity index is 1.69. The zero-order valence-electron chi connectivity index (χ0n) is 14.6. The van der Waals surface area contributed by atoms with Gasteiger partial charge in [-0.1, -0.05) is 24.3 Å². The van der Waals surface area contributed by atoms with E-state index in [0.29, 0.717) is 12.1 Å². The van der Waals surface area contributed by atoms with Crippen LogP contribution in [0.25, 0.3) is 0 Å². The first-order chi connectivity index (χ1) is 12.6. The first-order valence-corrected chi connectivity index (χ1v) is 10.5. The van der Waals surface area contributed by atoms with Crippen molar-refractivity contribution in [1.29, 1.82) is 0 Å². The number of para-hydroxylation sites is 1. The second-order valence-corrected chi connectivity index (χ2v) is 8.70. The van der Waals surface area contributed by atoms with E-state index in [2.05, 4.69) is 0 Å². The van der Waals surface area contributed by atoms with Crippen molar-refractivity contribution < 1.29 is 13.2 Å². The maximum absolute atomic E-state index is 13.2. The molecule has 0 aliphatic carbocycles. The summed E-state index contributed by atoms with van der Waals surface area (Å²) in [5, 5.41) is 0. The minimum absolute atomic E-state index is 0.0846. The topological polar surface area (TPSA) is 57.7 Å². The number of hydrogen-bond acceptors (Lipinski definition) is 3. The Hall–Kier alpha value is -2.34. The van der Waals surface area contributed by atoms with Crippen molar-refractivity contribution in [2.24, 2.45) is 0 Å². The molecule has 26 heavy (non-hydrogen) atoms. The summed E-state index contributed by atoms with van der Waals surface area (Å²) in [6.45, 7) is 1.95. The summed E-state index contributed by atoms with van der Waals surface area (Å²) >= 11 is 0. The minimum atomic E-state index is -3.69. The largest absolute Gasteiger partial charge is 0.339 e. The number of carbonyl (C=O) groups excluding carboxylic acids is 1. The van der Waals surface area contributed by atoms with Crippen LogP contribution in [0.1, 0.15) is 35.2 Å². The quantitative estimate of drug-likeness (QED) is 0.834. The Labute approximate surface area is 154 Å². The molecule has 0 radical (unpaired) electrons. The Kier molecular flexibility index (Phi) is 4.44. The lowest BCUT2D eigenvalue weighted by molar-refractivity contribution is 0.0792. The van der Waals surface area contributed by atoms with Crippen molar-refractivity contribution in [3.63, 3.8) is 0 Å². The monoisotopic (exact) mass is 370 g/mol. The molecule has 1 saturated heterocycles. The van der Waals surface area contributed by atoms with E-state index >= 15 is 0 Å². The second kappa shape index (κ2) is 6.76. The van der Waals surface area contributed by atoms with Crippen LogP contribution in [0.4, 0.5) is 5.69 Å². The molecular formula is C20H22N2O3S. The molecule has 0 spiro atoms. The van der Waals surface area contributed by atoms with Crippen molar-refractivity contribution >= 4 is 21.6 Å². The molecule has 5 nitrogen and oxygen atoms in total. The van der Waals surface area contributed by atoms with Crippen molar-refractivity contribution in [1.82, 2.24) is 4.90 Å². The Morgan fingerprint density at radius 1 is 0.885 bits per heavy atom. The van der Waals surface area contributed by atoms with Crippen LogP contribution in [-0.4, -0.2) is 38.9 Å². The number of rotatable bonds is 3. The highest BCUT2D eigenvalue weighted by atomic mass is 32.2. The fourth-order valence-corrected chi connectivity index (χ4v) is 5.36. The molecule has 0 bridgehead atoms. The summed E-state index contributed by atoms with van der Waals surface area (Å²) in [6.07, 6.45) is 3.70. The van der Waals surface area contributed by atoms with Crippen LogP contribution >= 0.6 is 0 Å². The number of fused-ring (bicyclic) bond motifs is 1. The fourth-order valence-electron chi connectivity index (χ4n) is 3.77. The Morgan fingerprint density at radius 3 is 2.46 bits per heavy atom. The highest BCUT2D eigenvalue weighted by Crippen LogP contribution is 2.32. The van der Waals surface area contributed by atoms with Gasteiger partial charge in [-0.05, 0) is 55.5 Å². The van der Waals surface area contributed by atoms with E-state index in [1.165, 1.54) is 10.4 Å². The Morgan fingerprint density at radius 2 is 1.65 bits per heavy atom. The molecule has 2 aliphatic heterocycles. The number of amides is 1. The molecular weight excluding hydrogens is 348 g/mol. The molecule has 136 valence electrons. The van der Waals surface area contributed by atoms with Gasteiger partial charge in [-0.2, -0.15) is 0 Å². The molecule has 2 heterocycles. The highest BCUT2D eigenvalue weighted by molar-refractivity contribution is 7.92. The van der Waals surface area contributed by atoms with E-state index in [1.54, 1.807) is 23.1 Å². The molecule has 6 heteroatoms. The zero-order chi connectivity index (χ0) is 18.1. The number of sulfonamides is 1. The van der Waals surface area contributed by atoms with E-state index < -0.39 is 10.0 Å². The number of hydrogen-bond donors (Lipinski definition) is 0. The van der Waals surface area contributed by atoms with Gasteiger partial charge in [0, 0.05) is 25.2 Å². The molecule has 0 saturated carbocycles. The number of anilines is 1. The Bertz CT molecular complexity index is 934. The van der Waals surface area contributed by atoms with E-state index in [9.17, 15) is 13.2 Å². The second-order valence-electron chi connectivity index (χ2n) is 6.84. The van der Waals surface area contributed by atoms with Gasteiger partial charge in [-0.15, -0.1) is 0 Å². The molecule has 1 amide bonds. The van der Waals surface area contributed by atoms with Gasteiger partial charge in [0.1, 0.15) is 0 Å². The minimum Gasteiger partial charge on any atom is -0.339 e. The summed E-state index contributed by atoms with van der Waals surface area (Å²) < 4.78 is 28.0. The van der Waals surface area contributed by atoms with Gasteiger partial charge in [0.25, 0.3) is 15.9 Å². The van der Waals surface area contributed by atoms with E-state index in [1.807, 2.05) is 24.3 Å². The van der Waals surface area contributed by atoms with Crippen molar-refractivity contribution in [2.45, 2.75) is 30.6 Å². The summed E-state index contributed by atoms with van der Waals surface area (Å²) in [6, 6.07) is 14.1. The summed E-state index contributed by atoms with van der Waals surface area (Å²) in [5.74, 6) is -0.0846. The van der Waals surface area contributed by atoms with Crippen LogP contribution < -0.4 is 4.31 Å². The number of nitrogens with zero attached hydrogens (tertiary/aromatic N) is 2. The van der Waals surface area contributed by atoms with E-state index in [-0.39, 0.29) is 10.8 Å². The molecule has 1 fully saturated rings. The molecule has 2 aliphatic rings. The number of aryl methyl sites for hydroxylation is 1. The summed E-state index contributed by atoms with van der Waals surface area (Å²) in [4.78, 5) is 14.6. The van der Waals surface area contributed by atoms with Gasteiger partial charge in [0.2, 0.25) is 0 Å². The molecule has 0 aromatic heterocycles.